The zero-order valence-electron chi connectivity index (χ0n) is 11.3. The van der Waals surface area contributed by atoms with Gasteiger partial charge in [0.05, 0.1) is 6.42 Å². The first-order valence-electron chi connectivity index (χ1n) is 6.09. The summed E-state index contributed by atoms with van der Waals surface area (Å²) >= 11 is 0. The minimum absolute atomic E-state index is 0.0739. The smallest absolute Gasteiger partial charge is 0.307 e. The number of carboxylic acid groups (broad SMARTS) is 1. The van der Waals surface area contributed by atoms with Gasteiger partial charge >= 0.3 is 5.97 Å². The van der Waals surface area contributed by atoms with E-state index >= 15 is 0 Å². The van der Waals surface area contributed by atoms with E-state index in [4.69, 9.17) is 5.11 Å². The minimum Gasteiger partial charge on any atom is -0.481 e. The Kier molecular flexibility index (Phi) is 2.93. The number of fused-ring (bicyclic) bond motifs is 1. The molecule has 2 aromatic rings. The highest BCUT2D eigenvalue weighted by Crippen LogP contribution is 2.28. The molecule has 0 atom stereocenters. The third-order valence-corrected chi connectivity index (χ3v) is 3.28. The summed E-state index contributed by atoms with van der Waals surface area (Å²) in [6, 6.07) is 6.31. The molecule has 0 radical (unpaired) electrons. The van der Waals surface area contributed by atoms with E-state index in [1.165, 1.54) is 5.56 Å². The number of benzene rings is 1. The Morgan fingerprint density at radius 3 is 2.56 bits per heavy atom. The average Bonchev–Trinajstić information content (AvgIpc) is 2.53. The molecule has 1 N–H and O–H groups in total. The summed E-state index contributed by atoms with van der Waals surface area (Å²) in [5.41, 5.74) is 3.27. The standard InChI is InChI=1S/C15H19NO2/c1-15(2,3)11-5-6-13-12(8-11)10(7-14(17)18)9-16(13)4/h5-6,8-9H,7H2,1-4H3,(H,17,18). The maximum absolute atomic E-state index is 10.9. The zero-order chi connectivity index (χ0) is 13.5. The molecule has 0 spiro atoms. The van der Waals surface area contributed by atoms with Crippen molar-refractivity contribution in [1.82, 2.24) is 4.57 Å². The van der Waals surface area contributed by atoms with Gasteiger partial charge in [0.15, 0.2) is 0 Å². The van der Waals surface area contributed by atoms with Gasteiger partial charge in [-0.05, 0) is 28.7 Å². The first-order valence-corrected chi connectivity index (χ1v) is 6.09. The lowest BCUT2D eigenvalue weighted by Gasteiger charge is -2.19. The van der Waals surface area contributed by atoms with Crippen LogP contribution in [0.4, 0.5) is 0 Å². The van der Waals surface area contributed by atoms with Crippen molar-refractivity contribution in [3.05, 3.63) is 35.5 Å². The van der Waals surface area contributed by atoms with Crippen molar-refractivity contribution in [2.45, 2.75) is 32.6 Å². The SMILES string of the molecule is Cn1cc(CC(=O)O)c2cc(C(C)(C)C)ccc21. The number of nitrogens with zero attached hydrogens (tertiary/aromatic N) is 1. The number of aliphatic carboxylic acids is 1. The molecule has 0 saturated carbocycles. The summed E-state index contributed by atoms with van der Waals surface area (Å²) in [6.45, 7) is 6.48. The van der Waals surface area contributed by atoms with Gasteiger partial charge in [0.2, 0.25) is 0 Å². The summed E-state index contributed by atoms with van der Waals surface area (Å²) in [4.78, 5) is 10.9. The second-order valence-corrected chi connectivity index (χ2v) is 5.82. The van der Waals surface area contributed by atoms with Crippen LogP contribution in [0.1, 0.15) is 31.9 Å². The first kappa shape index (κ1) is 12.7. The van der Waals surface area contributed by atoms with Crippen LogP contribution in [0.2, 0.25) is 0 Å². The fourth-order valence-electron chi connectivity index (χ4n) is 2.24. The van der Waals surface area contributed by atoms with E-state index in [0.717, 1.165) is 16.5 Å². The topological polar surface area (TPSA) is 42.2 Å². The van der Waals surface area contributed by atoms with Crippen molar-refractivity contribution in [1.29, 1.82) is 0 Å². The number of aryl methyl sites for hydroxylation is 1. The fourth-order valence-corrected chi connectivity index (χ4v) is 2.24. The van der Waals surface area contributed by atoms with Gasteiger partial charge in [-0.1, -0.05) is 26.8 Å². The Labute approximate surface area is 107 Å². The zero-order valence-corrected chi connectivity index (χ0v) is 11.3. The molecule has 3 heteroatoms. The molecule has 3 nitrogen and oxygen atoms in total. The van der Waals surface area contributed by atoms with Crippen LogP contribution >= 0.6 is 0 Å². The van der Waals surface area contributed by atoms with Gasteiger partial charge in [-0.3, -0.25) is 4.79 Å². The van der Waals surface area contributed by atoms with Gasteiger partial charge in [0.1, 0.15) is 0 Å². The molecule has 1 aromatic carbocycles. The molecule has 18 heavy (non-hydrogen) atoms. The summed E-state index contributed by atoms with van der Waals surface area (Å²) in [6.07, 6.45) is 1.98. The van der Waals surface area contributed by atoms with Crippen molar-refractivity contribution >= 4 is 16.9 Å². The number of carboxylic acids is 1. The Morgan fingerprint density at radius 2 is 2.00 bits per heavy atom. The van der Waals surface area contributed by atoms with Crippen LogP contribution in [-0.2, 0) is 23.7 Å². The highest BCUT2D eigenvalue weighted by molar-refractivity contribution is 5.88. The quantitative estimate of drug-likeness (QED) is 0.883. The van der Waals surface area contributed by atoms with Gasteiger partial charge in [0, 0.05) is 24.1 Å². The van der Waals surface area contributed by atoms with Gasteiger partial charge in [-0.15, -0.1) is 0 Å². The molecule has 1 aromatic heterocycles. The lowest BCUT2D eigenvalue weighted by Crippen LogP contribution is -2.10. The van der Waals surface area contributed by atoms with Crippen LogP contribution in [0.15, 0.2) is 24.4 Å². The van der Waals surface area contributed by atoms with E-state index in [-0.39, 0.29) is 11.8 Å². The van der Waals surface area contributed by atoms with Crippen molar-refractivity contribution in [3.8, 4) is 0 Å². The monoisotopic (exact) mass is 245 g/mol. The molecular weight excluding hydrogens is 226 g/mol. The highest BCUT2D eigenvalue weighted by atomic mass is 16.4. The molecule has 0 bridgehead atoms. The van der Waals surface area contributed by atoms with Gasteiger partial charge < -0.3 is 9.67 Å². The van der Waals surface area contributed by atoms with Crippen molar-refractivity contribution < 1.29 is 9.90 Å². The molecule has 1 heterocycles. The van der Waals surface area contributed by atoms with Crippen LogP contribution in [0.25, 0.3) is 10.9 Å². The molecule has 0 aliphatic rings. The van der Waals surface area contributed by atoms with E-state index in [1.807, 2.05) is 17.8 Å². The van der Waals surface area contributed by atoms with Crippen molar-refractivity contribution in [3.63, 3.8) is 0 Å². The fraction of sp³-hybridized carbons (Fsp3) is 0.400. The third-order valence-electron chi connectivity index (χ3n) is 3.28. The lowest BCUT2D eigenvalue weighted by atomic mass is 9.86. The van der Waals surface area contributed by atoms with E-state index in [0.29, 0.717) is 0 Å². The molecule has 0 saturated heterocycles. The van der Waals surface area contributed by atoms with Crippen LogP contribution in [-0.4, -0.2) is 15.6 Å². The second kappa shape index (κ2) is 4.16. The summed E-state index contributed by atoms with van der Waals surface area (Å²) in [5.74, 6) is -0.788. The molecular formula is C15H19NO2. The van der Waals surface area contributed by atoms with Crippen molar-refractivity contribution in [2.75, 3.05) is 0 Å². The third kappa shape index (κ3) is 2.26. The molecule has 0 amide bonds. The minimum atomic E-state index is -0.788. The predicted octanol–water partition coefficient (Wildman–Crippen LogP) is 3.10. The molecule has 96 valence electrons. The second-order valence-electron chi connectivity index (χ2n) is 5.82. The van der Waals surface area contributed by atoms with Crippen LogP contribution in [0.5, 0.6) is 0 Å². The van der Waals surface area contributed by atoms with Crippen LogP contribution in [0, 0.1) is 0 Å². The normalized spacial score (nSPS) is 12.0. The number of hydrogen-bond donors (Lipinski definition) is 1. The Bertz CT molecular complexity index is 603. The summed E-state index contributed by atoms with van der Waals surface area (Å²) in [7, 11) is 1.95. The van der Waals surface area contributed by atoms with Gasteiger partial charge in [-0.25, -0.2) is 0 Å². The maximum atomic E-state index is 10.9. The average molecular weight is 245 g/mol. The van der Waals surface area contributed by atoms with Crippen LogP contribution < -0.4 is 0 Å². The van der Waals surface area contributed by atoms with Gasteiger partial charge in [0.25, 0.3) is 0 Å². The number of rotatable bonds is 2. The van der Waals surface area contributed by atoms with E-state index in [9.17, 15) is 4.79 Å². The number of hydrogen-bond acceptors (Lipinski definition) is 1. The Hall–Kier alpha value is -1.77. The van der Waals surface area contributed by atoms with E-state index < -0.39 is 5.97 Å². The van der Waals surface area contributed by atoms with Crippen molar-refractivity contribution in [2.24, 2.45) is 7.05 Å². The Morgan fingerprint density at radius 1 is 1.33 bits per heavy atom. The summed E-state index contributed by atoms with van der Waals surface area (Å²) in [5, 5.41) is 10.0. The Balaban J connectivity index is 2.62. The predicted molar refractivity (Wildman–Crippen MR) is 73.0 cm³/mol. The van der Waals surface area contributed by atoms with E-state index in [2.05, 4.69) is 39.0 Å². The first-order chi connectivity index (χ1) is 8.29. The summed E-state index contributed by atoms with van der Waals surface area (Å²) < 4.78 is 1.99. The molecule has 0 fully saturated rings. The molecule has 0 aliphatic carbocycles. The maximum Gasteiger partial charge on any atom is 0.307 e. The van der Waals surface area contributed by atoms with Crippen LogP contribution in [0.3, 0.4) is 0 Å². The molecule has 0 unspecified atom stereocenters. The lowest BCUT2D eigenvalue weighted by molar-refractivity contribution is -0.136. The highest BCUT2D eigenvalue weighted by Gasteiger charge is 2.16. The molecule has 2 rings (SSSR count). The van der Waals surface area contributed by atoms with Gasteiger partial charge in [-0.2, -0.15) is 0 Å². The van der Waals surface area contributed by atoms with E-state index in [1.54, 1.807) is 0 Å². The largest absolute Gasteiger partial charge is 0.481 e. The number of aromatic nitrogens is 1. The molecule has 0 aliphatic heterocycles. The number of carbonyl (C=O) groups is 1.